The number of carboxylic acids is 1. The van der Waals surface area contributed by atoms with Crippen LogP contribution < -0.4 is 15.1 Å². The van der Waals surface area contributed by atoms with E-state index >= 15 is 0 Å². The smallest absolute Gasteiger partial charge is 0.337 e. The van der Waals surface area contributed by atoms with Gasteiger partial charge in [-0.15, -0.1) is 0 Å². The number of aromatic nitrogens is 1. The third-order valence-corrected chi connectivity index (χ3v) is 7.51. The van der Waals surface area contributed by atoms with Crippen LogP contribution in [0.5, 0.6) is 5.75 Å². The molecule has 1 aromatic heterocycles. The fourth-order valence-corrected chi connectivity index (χ4v) is 4.90. The fraction of sp³-hybridized carbons (Fsp3) is 0.188. The maximum Gasteiger partial charge on any atom is 0.337 e. The van der Waals surface area contributed by atoms with Gasteiger partial charge in [-0.2, -0.15) is 4.89 Å². The van der Waals surface area contributed by atoms with Crippen molar-refractivity contribution in [1.29, 1.82) is 0 Å². The van der Waals surface area contributed by atoms with Crippen molar-refractivity contribution in [3.05, 3.63) is 112 Å². The van der Waals surface area contributed by atoms with Crippen LogP contribution in [0.25, 0.3) is 0 Å². The zero-order valence-electron chi connectivity index (χ0n) is 22.4. The largest absolute Gasteiger partial charge is 0.478 e. The Balaban J connectivity index is 1.21. The van der Waals surface area contributed by atoms with Gasteiger partial charge in [0.25, 0.3) is 5.91 Å². The molecule has 1 aliphatic heterocycles. The number of amides is 1. The van der Waals surface area contributed by atoms with Gasteiger partial charge in [-0.05, 0) is 85.5 Å². The lowest BCUT2D eigenvalue weighted by Crippen LogP contribution is -2.20. The highest BCUT2D eigenvalue weighted by molar-refractivity contribution is 6.30. The van der Waals surface area contributed by atoms with Crippen LogP contribution in [0, 0.1) is 5.92 Å². The van der Waals surface area contributed by atoms with E-state index in [9.17, 15) is 19.5 Å². The molecule has 42 heavy (non-hydrogen) atoms. The molecule has 0 bridgehead atoms. The van der Waals surface area contributed by atoms with E-state index in [-0.39, 0.29) is 28.1 Å². The van der Waals surface area contributed by atoms with E-state index in [2.05, 4.69) is 15.2 Å². The molecule has 212 valence electrons. The lowest BCUT2D eigenvalue weighted by molar-refractivity contribution is -0.215. The van der Waals surface area contributed by atoms with Crippen molar-refractivity contribution in [2.45, 2.75) is 19.3 Å². The first kappa shape index (κ1) is 27.4. The molecule has 1 fully saturated rings. The minimum atomic E-state index is -1.29. The van der Waals surface area contributed by atoms with Crippen LogP contribution in [0.3, 0.4) is 0 Å². The highest BCUT2D eigenvalue weighted by Gasteiger charge is 2.26. The molecule has 0 unspecified atom stereocenters. The Morgan fingerprint density at radius 3 is 2.43 bits per heavy atom. The van der Waals surface area contributed by atoms with Gasteiger partial charge in [-0.1, -0.05) is 17.7 Å². The standard InChI is InChI=1S/C32H26ClN3O6/c33-23-6-8-24(9-7-23)36(18-19-1-2-19)25-10-12-28(34-17-25)30(37)21-5-11-27(26(15-21)32(39)40)35-31(38)22-4-3-20-13-14-41-42-29(20)16-22/h3-12,15-17,19H,1-2,13-14,18H2,(H,35,38)(H,39,40). The van der Waals surface area contributed by atoms with Gasteiger partial charge in [0.2, 0.25) is 5.78 Å². The van der Waals surface area contributed by atoms with Crippen molar-refractivity contribution < 1.29 is 29.3 Å². The molecule has 1 amide bonds. The second-order valence-corrected chi connectivity index (χ2v) is 10.7. The van der Waals surface area contributed by atoms with Crippen molar-refractivity contribution in [1.82, 2.24) is 4.98 Å². The minimum Gasteiger partial charge on any atom is -0.478 e. The number of hydrogen-bond donors (Lipinski definition) is 2. The van der Waals surface area contributed by atoms with E-state index < -0.39 is 17.7 Å². The van der Waals surface area contributed by atoms with Crippen molar-refractivity contribution in [2.75, 3.05) is 23.4 Å². The number of carbonyl (C=O) groups is 3. The van der Waals surface area contributed by atoms with Crippen molar-refractivity contribution in [3.8, 4) is 5.75 Å². The number of benzene rings is 3. The zero-order chi connectivity index (χ0) is 29.2. The molecule has 10 heteroatoms. The molecule has 4 aromatic rings. The number of carboxylic acid groups (broad SMARTS) is 1. The summed E-state index contributed by atoms with van der Waals surface area (Å²) in [5, 5.41) is 13.1. The second kappa shape index (κ2) is 11.6. The maximum atomic E-state index is 13.3. The van der Waals surface area contributed by atoms with Gasteiger partial charge < -0.3 is 20.2 Å². The van der Waals surface area contributed by atoms with Crippen LogP contribution in [0.4, 0.5) is 17.1 Å². The van der Waals surface area contributed by atoms with Gasteiger partial charge in [-0.3, -0.25) is 14.6 Å². The Morgan fingerprint density at radius 1 is 0.952 bits per heavy atom. The minimum absolute atomic E-state index is 0.0564. The first-order chi connectivity index (χ1) is 20.4. The summed E-state index contributed by atoms with van der Waals surface area (Å²) in [5.74, 6) is -1.21. The van der Waals surface area contributed by atoms with Gasteiger partial charge >= 0.3 is 5.97 Å². The Morgan fingerprint density at radius 2 is 1.71 bits per heavy atom. The summed E-state index contributed by atoms with van der Waals surface area (Å²) in [6.07, 6.45) is 4.65. The molecule has 1 aliphatic carbocycles. The van der Waals surface area contributed by atoms with Crippen LogP contribution in [0.15, 0.2) is 79.0 Å². The van der Waals surface area contributed by atoms with Crippen LogP contribution in [0.1, 0.15) is 55.2 Å². The maximum absolute atomic E-state index is 13.3. The van der Waals surface area contributed by atoms with E-state index in [1.165, 1.54) is 37.1 Å². The third kappa shape index (κ3) is 5.97. The number of fused-ring (bicyclic) bond motifs is 1. The van der Waals surface area contributed by atoms with Crippen LogP contribution in [-0.2, 0) is 11.3 Å². The first-order valence-electron chi connectivity index (χ1n) is 13.5. The van der Waals surface area contributed by atoms with Crippen LogP contribution in [0.2, 0.25) is 5.02 Å². The SMILES string of the molecule is O=C(Nc1ccc(C(=O)c2ccc(N(CC3CC3)c3ccc(Cl)cc3)cn2)cc1C(=O)O)c1ccc2c(c1)OOCC2. The summed E-state index contributed by atoms with van der Waals surface area (Å²) in [6.45, 7) is 1.26. The predicted molar refractivity (Wildman–Crippen MR) is 157 cm³/mol. The molecular weight excluding hydrogens is 558 g/mol. The van der Waals surface area contributed by atoms with E-state index in [1.807, 2.05) is 30.3 Å². The molecule has 0 atom stereocenters. The molecule has 9 nitrogen and oxygen atoms in total. The fourth-order valence-electron chi connectivity index (χ4n) is 4.77. The number of ketones is 1. The quantitative estimate of drug-likeness (QED) is 0.173. The highest BCUT2D eigenvalue weighted by atomic mass is 35.5. The number of anilines is 3. The number of aromatic carboxylic acids is 1. The summed E-state index contributed by atoms with van der Waals surface area (Å²) in [7, 11) is 0. The average molecular weight is 584 g/mol. The Kier molecular flexibility index (Phi) is 7.60. The monoisotopic (exact) mass is 583 g/mol. The van der Waals surface area contributed by atoms with Gasteiger partial charge in [0.05, 0.1) is 29.7 Å². The van der Waals surface area contributed by atoms with Crippen LogP contribution in [-0.4, -0.2) is 40.9 Å². The third-order valence-electron chi connectivity index (χ3n) is 7.26. The number of hydrogen-bond acceptors (Lipinski definition) is 7. The summed E-state index contributed by atoms with van der Waals surface area (Å²) in [4.78, 5) is 55.0. The summed E-state index contributed by atoms with van der Waals surface area (Å²) in [5.41, 5.74) is 3.14. The molecule has 3 aromatic carbocycles. The lowest BCUT2D eigenvalue weighted by Gasteiger charge is -2.25. The molecule has 2 aliphatic rings. The number of pyridine rings is 1. The normalized spacial score (nSPS) is 13.9. The molecule has 6 rings (SSSR count). The number of halogens is 1. The highest BCUT2D eigenvalue weighted by Crippen LogP contribution is 2.35. The summed E-state index contributed by atoms with van der Waals surface area (Å²) < 4.78 is 0. The molecule has 2 N–H and O–H groups in total. The Hall–Kier alpha value is -4.73. The van der Waals surface area contributed by atoms with Gasteiger partial charge in [0, 0.05) is 40.4 Å². The number of nitrogens with one attached hydrogen (secondary N) is 1. The second-order valence-electron chi connectivity index (χ2n) is 10.3. The lowest BCUT2D eigenvalue weighted by atomic mass is 10.0. The average Bonchev–Trinajstić information content (AvgIpc) is 3.84. The van der Waals surface area contributed by atoms with Gasteiger partial charge in [-0.25, -0.2) is 4.79 Å². The molecule has 0 spiro atoms. The molecule has 2 heterocycles. The van der Waals surface area contributed by atoms with Gasteiger partial charge in [0.15, 0.2) is 5.75 Å². The molecule has 0 radical (unpaired) electrons. The van der Waals surface area contributed by atoms with E-state index in [4.69, 9.17) is 21.4 Å². The van der Waals surface area contributed by atoms with E-state index in [0.717, 1.165) is 23.5 Å². The zero-order valence-corrected chi connectivity index (χ0v) is 23.1. The van der Waals surface area contributed by atoms with Crippen molar-refractivity contribution in [3.63, 3.8) is 0 Å². The summed E-state index contributed by atoms with van der Waals surface area (Å²) in [6, 6.07) is 20.1. The number of carbonyl (C=O) groups excluding carboxylic acids is 2. The van der Waals surface area contributed by atoms with Crippen LogP contribution >= 0.6 is 11.6 Å². The Labute approximate surface area is 246 Å². The molecule has 1 saturated carbocycles. The van der Waals surface area contributed by atoms with E-state index in [0.29, 0.717) is 29.7 Å². The van der Waals surface area contributed by atoms with Gasteiger partial charge in [0.1, 0.15) is 5.69 Å². The topological polar surface area (TPSA) is 118 Å². The summed E-state index contributed by atoms with van der Waals surface area (Å²) >= 11 is 6.08. The number of rotatable bonds is 9. The first-order valence-corrected chi connectivity index (χ1v) is 13.9. The Bertz CT molecular complexity index is 1670. The van der Waals surface area contributed by atoms with E-state index in [1.54, 1.807) is 24.4 Å². The number of nitrogens with zero attached hydrogens (tertiary/aromatic N) is 2. The molecule has 0 saturated heterocycles. The van der Waals surface area contributed by atoms with Crippen molar-refractivity contribution in [2.24, 2.45) is 5.92 Å². The predicted octanol–water partition coefficient (Wildman–Crippen LogP) is 6.33. The van der Waals surface area contributed by atoms with Crippen molar-refractivity contribution >= 4 is 46.3 Å². The molecular formula is C32H26ClN3O6.